The first kappa shape index (κ1) is 15.5. The van der Waals surface area contributed by atoms with E-state index in [1.165, 1.54) is 0 Å². The van der Waals surface area contributed by atoms with Crippen LogP contribution in [0, 0.1) is 0 Å². The zero-order valence-corrected chi connectivity index (χ0v) is 12.9. The molecule has 0 saturated carbocycles. The van der Waals surface area contributed by atoms with Gasteiger partial charge in [-0.1, -0.05) is 29.8 Å². The molecule has 0 radical (unpaired) electrons. The standard InChI is InChI=1S/C15H18ClN3O2/c1-20-10-15-18-13(16)9-14(19-15)17-8-7-11-5-3-4-6-12(11)21-2/h3-6,9H,7-8,10H2,1-2H3,(H,17,18,19). The molecule has 21 heavy (non-hydrogen) atoms. The van der Waals surface area contributed by atoms with Crippen molar-refractivity contribution >= 4 is 17.4 Å². The van der Waals surface area contributed by atoms with E-state index >= 15 is 0 Å². The molecule has 5 nitrogen and oxygen atoms in total. The van der Waals surface area contributed by atoms with Gasteiger partial charge in [0.25, 0.3) is 0 Å². The summed E-state index contributed by atoms with van der Waals surface area (Å²) in [7, 11) is 3.27. The number of nitrogens with one attached hydrogen (secondary N) is 1. The van der Waals surface area contributed by atoms with Crippen molar-refractivity contribution < 1.29 is 9.47 Å². The minimum Gasteiger partial charge on any atom is -0.496 e. The lowest BCUT2D eigenvalue weighted by Crippen LogP contribution is -2.09. The van der Waals surface area contributed by atoms with Crippen LogP contribution in [0.3, 0.4) is 0 Å². The number of hydrogen-bond acceptors (Lipinski definition) is 5. The molecule has 0 amide bonds. The van der Waals surface area contributed by atoms with Crippen molar-refractivity contribution in [2.75, 3.05) is 26.1 Å². The Morgan fingerprint density at radius 3 is 2.76 bits per heavy atom. The molecule has 0 aliphatic heterocycles. The lowest BCUT2D eigenvalue weighted by Gasteiger charge is -2.10. The van der Waals surface area contributed by atoms with Gasteiger partial charge in [0.05, 0.1) is 7.11 Å². The Bertz CT molecular complexity index is 593. The monoisotopic (exact) mass is 307 g/mol. The summed E-state index contributed by atoms with van der Waals surface area (Å²) in [6.07, 6.45) is 0.825. The van der Waals surface area contributed by atoms with Gasteiger partial charge in [-0.3, -0.25) is 0 Å². The predicted molar refractivity (Wildman–Crippen MR) is 82.9 cm³/mol. The molecule has 1 heterocycles. The van der Waals surface area contributed by atoms with E-state index in [9.17, 15) is 0 Å². The summed E-state index contributed by atoms with van der Waals surface area (Å²) >= 11 is 5.96. The average molecular weight is 308 g/mol. The van der Waals surface area contributed by atoms with E-state index in [1.807, 2.05) is 24.3 Å². The van der Waals surface area contributed by atoms with E-state index in [1.54, 1.807) is 20.3 Å². The van der Waals surface area contributed by atoms with E-state index in [2.05, 4.69) is 15.3 Å². The van der Waals surface area contributed by atoms with Crippen molar-refractivity contribution in [3.8, 4) is 5.75 Å². The zero-order valence-electron chi connectivity index (χ0n) is 12.1. The Morgan fingerprint density at radius 2 is 2.00 bits per heavy atom. The van der Waals surface area contributed by atoms with Gasteiger partial charge in [-0.05, 0) is 18.1 Å². The second-order valence-corrected chi connectivity index (χ2v) is 4.80. The van der Waals surface area contributed by atoms with Crippen molar-refractivity contribution in [2.24, 2.45) is 0 Å². The van der Waals surface area contributed by atoms with E-state index in [0.717, 1.165) is 24.3 Å². The van der Waals surface area contributed by atoms with Crippen molar-refractivity contribution in [1.82, 2.24) is 9.97 Å². The number of ether oxygens (including phenoxy) is 2. The van der Waals surface area contributed by atoms with E-state index in [0.29, 0.717) is 23.4 Å². The molecule has 0 aliphatic rings. The molecule has 6 heteroatoms. The molecule has 2 aromatic rings. The van der Waals surface area contributed by atoms with Gasteiger partial charge >= 0.3 is 0 Å². The van der Waals surface area contributed by atoms with Gasteiger partial charge in [-0.15, -0.1) is 0 Å². The largest absolute Gasteiger partial charge is 0.496 e. The Balaban J connectivity index is 1.97. The summed E-state index contributed by atoms with van der Waals surface area (Å²) in [5.41, 5.74) is 1.14. The highest BCUT2D eigenvalue weighted by Crippen LogP contribution is 2.18. The van der Waals surface area contributed by atoms with Crippen LogP contribution in [-0.2, 0) is 17.8 Å². The van der Waals surface area contributed by atoms with Crippen molar-refractivity contribution in [1.29, 1.82) is 0 Å². The van der Waals surface area contributed by atoms with Gasteiger partial charge in [0.2, 0.25) is 0 Å². The first-order valence-corrected chi connectivity index (χ1v) is 6.99. The first-order chi connectivity index (χ1) is 10.2. The Kier molecular flexibility index (Phi) is 5.78. The Hall–Kier alpha value is -1.85. The summed E-state index contributed by atoms with van der Waals surface area (Å²) in [6, 6.07) is 9.65. The SMILES string of the molecule is COCc1nc(Cl)cc(NCCc2ccccc2OC)n1. The maximum absolute atomic E-state index is 5.96. The molecule has 0 unspecified atom stereocenters. The number of anilines is 1. The molecule has 0 aliphatic carbocycles. The molecule has 0 fully saturated rings. The van der Waals surface area contributed by atoms with Crippen molar-refractivity contribution in [3.05, 3.63) is 46.9 Å². The number of methoxy groups -OCH3 is 2. The lowest BCUT2D eigenvalue weighted by molar-refractivity contribution is 0.178. The molecule has 112 valence electrons. The van der Waals surface area contributed by atoms with Crippen LogP contribution in [0.4, 0.5) is 5.82 Å². The molecule has 0 atom stereocenters. The normalized spacial score (nSPS) is 10.4. The number of para-hydroxylation sites is 1. The fraction of sp³-hybridized carbons (Fsp3) is 0.333. The van der Waals surface area contributed by atoms with Crippen molar-refractivity contribution in [2.45, 2.75) is 13.0 Å². The molecule has 1 N–H and O–H groups in total. The van der Waals surface area contributed by atoms with Gasteiger partial charge in [0, 0.05) is 19.7 Å². The number of rotatable bonds is 7. The molecule has 0 bridgehead atoms. The Morgan fingerprint density at radius 1 is 1.19 bits per heavy atom. The second kappa shape index (κ2) is 7.81. The van der Waals surface area contributed by atoms with Gasteiger partial charge in [0.15, 0.2) is 5.82 Å². The number of nitrogens with zero attached hydrogens (tertiary/aromatic N) is 2. The summed E-state index contributed by atoms with van der Waals surface area (Å²) in [6.45, 7) is 1.06. The van der Waals surface area contributed by atoms with Crippen LogP contribution in [0.5, 0.6) is 5.75 Å². The highest BCUT2D eigenvalue weighted by Gasteiger charge is 2.04. The molecular formula is C15H18ClN3O2. The van der Waals surface area contributed by atoms with Crippen LogP contribution >= 0.6 is 11.6 Å². The van der Waals surface area contributed by atoms with Crippen molar-refractivity contribution in [3.63, 3.8) is 0 Å². The summed E-state index contributed by atoms with van der Waals surface area (Å²) < 4.78 is 10.3. The van der Waals surface area contributed by atoms with Gasteiger partial charge < -0.3 is 14.8 Å². The smallest absolute Gasteiger partial charge is 0.158 e. The van der Waals surface area contributed by atoms with Gasteiger partial charge in [-0.25, -0.2) is 9.97 Å². The quantitative estimate of drug-likeness (QED) is 0.797. The number of halogens is 1. The van der Waals surface area contributed by atoms with Crippen LogP contribution < -0.4 is 10.1 Å². The lowest BCUT2D eigenvalue weighted by atomic mass is 10.1. The minimum atomic E-state index is 0.335. The molecule has 0 spiro atoms. The van der Waals surface area contributed by atoms with E-state index in [4.69, 9.17) is 21.1 Å². The molecule has 1 aromatic carbocycles. The third-order valence-corrected chi connectivity index (χ3v) is 3.10. The third kappa shape index (κ3) is 4.58. The minimum absolute atomic E-state index is 0.335. The zero-order chi connectivity index (χ0) is 15.1. The van der Waals surface area contributed by atoms with Gasteiger partial charge in [-0.2, -0.15) is 0 Å². The number of aromatic nitrogens is 2. The van der Waals surface area contributed by atoms with Crippen LogP contribution in [0.15, 0.2) is 30.3 Å². The van der Waals surface area contributed by atoms with Crippen LogP contribution in [-0.4, -0.2) is 30.7 Å². The first-order valence-electron chi connectivity index (χ1n) is 6.61. The topological polar surface area (TPSA) is 56.3 Å². The summed E-state index contributed by atoms with van der Waals surface area (Å²) in [5.74, 6) is 2.14. The molecular weight excluding hydrogens is 290 g/mol. The fourth-order valence-corrected chi connectivity index (χ4v) is 2.18. The molecule has 1 aromatic heterocycles. The Labute approximate surface area is 129 Å². The maximum Gasteiger partial charge on any atom is 0.158 e. The van der Waals surface area contributed by atoms with Gasteiger partial charge in [0.1, 0.15) is 23.3 Å². The van der Waals surface area contributed by atoms with E-state index in [-0.39, 0.29) is 0 Å². The highest BCUT2D eigenvalue weighted by molar-refractivity contribution is 6.29. The molecule has 2 rings (SSSR count). The average Bonchev–Trinajstić information content (AvgIpc) is 2.47. The highest BCUT2D eigenvalue weighted by atomic mass is 35.5. The summed E-state index contributed by atoms with van der Waals surface area (Å²) in [4.78, 5) is 8.42. The number of hydrogen-bond donors (Lipinski definition) is 1. The third-order valence-electron chi connectivity index (χ3n) is 2.91. The van der Waals surface area contributed by atoms with Crippen LogP contribution in [0.1, 0.15) is 11.4 Å². The number of benzene rings is 1. The molecule has 0 saturated heterocycles. The second-order valence-electron chi connectivity index (χ2n) is 4.41. The fourth-order valence-electron chi connectivity index (χ4n) is 1.98. The van der Waals surface area contributed by atoms with Crippen LogP contribution in [0.25, 0.3) is 0 Å². The maximum atomic E-state index is 5.96. The van der Waals surface area contributed by atoms with E-state index < -0.39 is 0 Å². The predicted octanol–water partition coefficient (Wildman–Crippen LogP) is 2.94. The van der Waals surface area contributed by atoms with Crippen LogP contribution in [0.2, 0.25) is 5.15 Å². The summed E-state index contributed by atoms with van der Waals surface area (Å²) in [5, 5.41) is 3.64.